The van der Waals surface area contributed by atoms with E-state index in [1.807, 2.05) is 17.1 Å². The van der Waals surface area contributed by atoms with Crippen LogP contribution in [0, 0.1) is 0 Å². The Balaban J connectivity index is 1.42. The Kier molecular flexibility index (Phi) is 6.48. The third-order valence-corrected chi connectivity index (χ3v) is 4.89. The van der Waals surface area contributed by atoms with E-state index in [4.69, 9.17) is 4.74 Å². The van der Waals surface area contributed by atoms with Gasteiger partial charge in [-0.15, -0.1) is 0 Å². The average Bonchev–Trinajstić information content (AvgIpc) is 3.13. The largest absolute Gasteiger partial charge is 0.379 e. The first-order chi connectivity index (χ1) is 11.8. The molecular weight excluding hydrogens is 306 g/mol. The molecule has 2 amide bonds. The van der Waals surface area contributed by atoms with Crippen molar-refractivity contribution in [1.29, 1.82) is 0 Å². The van der Waals surface area contributed by atoms with Crippen molar-refractivity contribution in [2.45, 2.75) is 38.3 Å². The summed E-state index contributed by atoms with van der Waals surface area (Å²) in [5.41, 5.74) is 0. The monoisotopic (exact) mass is 335 g/mol. The quantitative estimate of drug-likeness (QED) is 0.793. The van der Waals surface area contributed by atoms with Crippen molar-refractivity contribution < 1.29 is 9.53 Å². The van der Waals surface area contributed by atoms with Crippen LogP contribution in [0.1, 0.15) is 25.7 Å². The van der Waals surface area contributed by atoms with Gasteiger partial charge in [-0.3, -0.25) is 4.90 Å². The van der Waals surface area contributed by atoms with Gasteiger partial charge in [0.1, 0.15) is 0 Å². The van der Waals surface area contributed by atoms with Gasteiger partial charge in [-0.2, -0.15) is 0 Å². The van der Waals surface area contributed by atoms with Gasteiger partial charge < -0.3 is 19.5 Å². The Hall–Kier alpha value is -1.60. The predicted molar refractivity (Wildman–Crippen MR) is 91.8 cm³/mol. The molecule has 0 radical (unpaired) electrons. The number of ether oxygens (including phenoxy) is 1. The third kappa shape index (κ3) is 4.95. The van der Waals surface area contributed by atoms with Crippen LogP contribution in [0.4, 0.5) is 4.79 Å². The fourth-order valence-corrected chi connectivity index (χ4v) is 3.52. The Bertz CT molecular complexity index is 487. The second kappa shape index (κ2) is 9.03. The Labute approximate surface area is 144 Å². The van der Waals surface area contributed by atoms with Crippen molar-refractivity contribution in [2.24, 2.45) is 0 Å². The van der Waals surface area contributed by atoms with Crippen LogP contribution >= 0.6 is 0 Å². The first-order valence-electron chi connectivity index (χ1n) is 9.13. The highest BCUT2D eigenvalue weighted by molar-refractivity contribution is 5.74. The summed E-state index contributed by atoms with van der Waals surface area (Å²) in [6.07, 6.45) is 9.91. The molecule has 2 saturated heterocycles. The van der Waals surface area contributed by atoms with Crippen LogP contribution < -0.4 is 5.32 Å². The smallest absolute Gasteiger partial charge is 0.317 e. The van der Waals surface area contributed by atoms with Gasteiger partial charge in [0, 0.05) is 57.7 Å². The average molecular weight is 335 g/mol. The van der Waals surface area contributed by atoms with E-state index in [-0.39, 0.29) is 6.03 Å². The number of carbonyl (C=O) groups excluding carboxylic acids is 1. The highest BCUT2D eigenvalue weighted by Gasteiger charge is 2.28. The zero-order valence-corrected chi connectivity index (χ0v) is 14.4. The molecule has 2 fully saturated rings. The summed E-state index contributed by atoms with van der Waals surface area (Å²) in [5.74, 6) is 0. The minimum atomic E-state index is 0.0959. The van der Waals surface area contributed by atoms with Crippen LogP contribution in [0.2, 0.25) is 0 Å². The SMILES string of the molecule is O=C(NCCCn1ccnc1)N1CCCCC1CN1CCOCC1. The lowest BCUT2D eigenvalue weighted by Crippen LogP contribution is -2.54. The van der Waals surface area contributed by atoms with E-state index in [0.29, 0.717) is 12.6 Å². The van der Waals surface area contributed by atoms with Gasteiger partial charge in [0.2, 0.25) is 0 Å². The number of urea groups is 1. The standard InChI is InChI=1S/C17H29N5O2/c23-17(19-5-3-7-21-9-6-18-15-21)22-8-2-1-4-16(22)14-20-10-12-24-13-11-20/h6,9,15-16H,1-5,7-8,10-14H2,(H,19,23). The van der Waals surface area contributed by atoms with Crippen molar-refractivity contribution in [1.82, 2.24) is 24.7 Å². The number of amides is 2. The van der Waals surface area contributed by atoms with Gasteiger partial charge in [0.05, 0.1) is 19.5 Å². The molecule has 134 valence electrons. The molecule has 3 heterocycles. The molecule has 2 aliphatic heterocycles. The third-order valence-electron chi connectivity index (χ3n) is 4.89. The lowest BCUT2D eigenvalue weighted by molar-refractivity contribution is 0.0221. The van der Waals surface area contributed by atoms with Gasteiger partial charge in [0.25, 0.3) is 0 Å². The summed E-state index contributed by atoms with van der Waals surface area (Å²) < 4.78 is 7.45. The number of piperidine rings is 1. The maximum absolute atomic E-state index is 12.6. The minimum Gasteiger partial charge on any atom is -0.379 e. The number of rotatable bonds is 6. The molecule has 1 aromatic heterocycles. The van der Waals surface area contributed by atoms with E-state index in [9.17, 15) is 4.79 Å². The molecule has 1 atom stereocenters. The Morgan fingerprint density at radius 1 is 1.25 bits per heavy atom. The molecule has 1 unspecified atom stereocenters. The summed E-state index contributed by atoms with van der Waals surface area (Å²) >= 11 is 0. The minimum absolute atomic E-state index is 0.0959. The molecular formula is C17H29N5O2. The number of nitrogens with zero attached hydrogens (tertiary/aromatic N) is 4. The van der Waals surface area contributed by atoms with Crippen molar-refractivity contribution >= 4 is 6.03 Å². The van der Waals surface area contributed by atoms with E-state index in [1.54, 1.807) is 6.20 Å². The molecule has 24 heavy (non-hydrogen) atoms. The van der Waals surface area contributed by atoms with Gasteiger partial charge in [-0.25, -0.2) is 9.78 Å². The van der Waals surface area contributed by atoms with Crippen LogP contribution in [0.3, 0.4) is 0 Å². The summed E-state index contributed by atoms with van der Waals surface area (Å²) in [7, 11) is 0. The van der Waals surface area contributed by atoms with Crippen molar-refractivity contribution in [3.05, 3.63) is 18.7 Å². The fourth-order valence-electron chi connectivity index (χ4n) is 3.52. The van der Waals surface area contributed by atoms with Crippen molar-refractivity contribution in [2.75, 3.05) is 45.9 Å². The number of hydrogen-bond acceptors (Lipinski definition) is 4. The van der Waals surface area contributed by atoms with E-state index in [2.05, 4.69) is 20.1 Å². The van der Waals surface area contributed by atoms with Gasteiger partial charge in [0.15, 0.2) is 0 Å². The number of carbonyl (C=O) groups is 1. The molecule has 0 bridgehead atoms. The Morgan fingerprint density at radius 2 is 2.12 bits per heavy atom. The van der Waals surface area contributed by atoms with Gasteiger partial charge >= 0.3 is 6.03 Å². The van der Waals surface area contributed by atoms with E-state index in [1.165, 1.54) is 6.42 Å². The Morgan fingerprint density at radius 3 is 2.92 bits per heavy atom. The van der Waals surface area contributed by atoms with Crippen LogP contribution in [0.15, 0.2) is 18.7 Å². The van der Waals surface area contributed by atoms with Crippen LogP contribution in [-0.4, -0.2) is 77.4 Å². The predicted octanol–water partition coefficient (Wildman–Crippen LogP) is 1.17. The zero-order valence-electron chi connectivity index (χ0n) is 14.4. The second-order valence-corrected chi connectivity index (χ2v) is 6.64. The maximum atomic E-state index is 12.6. The molecule has 3 rings (SSSR count). The van der Waals surface area contributed by atoms with E-state index in [0.717, 1.165) is 65.2 Å². The van der Waals surface area contributed by atoms with Gasteiger partial charge in [-0.05, 0) is 25.7 Å². The normalized spacial score (nSPS) is 22.5. The molecule has 0 saturated carbocycles. The second-order valence-electron chi connectivity index (χ2n) is 6.64. The number of morpholine rings is 1. The fraction of sp³-hybridized carbons (Fsp3) is 0.765. The molecule has 7 heteroatoms. The number of likely N-dealkylation sites (tertiary alicyclic amines) is 1. The lowest BCUT2D eigenvalue weighted by atomic mass is 10.0. The molecule has 0 aliphatic carbocycles. The number of nitrogens with one attached hydrogen (secondary N) is 1. The maximum Gasteiger partial charge on any atom is 0.317 e. The van der Waals surface area contributed by atoms with Crippen molar-refractivity contribution in [3.8, 4) is 0 Å². The number of hydrogen-bond donors (Lipinski definition) is 1. The molecule has 0 aromatic carbocycles. The number of aromatic nitrogens is 2. The first kappa shape index (κ1) is 17.2. The molecule has 2 aliphatic rings. The topological polar surface area (TPSA) is 62.6 Å². The van der Waals surface area contributed by atoms with E-state index >= 15 is 0 Å². The van der Waals surface area contributed by atoms with Crippen LogP contribution in [0.25, 0.3) is 0 Å². The number of aryl methyl sites for hydroxylation is 1. The molecule has 1 N–H and O–H groups in total. The molecule has 0 spiro atoms. The van der Waals surface area contributed by atoms with Crippen LogP contribution in [-0.2, 0) is 11.3 Å². The summed E-state index contributed by atoms with van der Waals surface area (Å²) in [5, 5.41) is 3.09. The van der Waals surface area contributed by atoms with E-state index < -0.39 is 0 Å². The highest BCUT2D eigenvalue weighted by atomic mass is 16.5. The van der Waals surface area contributed by atoms with Crippen LogP contribution in [0.5, 0.6) is 0 Å². The lowest BCUT2D eigenvalue weighted by Gasteiger charge is -2.39. The number of imidazole rings is 1. The summed E-state index contributed by atoms with van der Waals surface area (Å²) in [6.45, 7) is 7.04. The molecule has 1 aromatic rings. The molecule has 7 nitrogen and oxygen atoms in total. The highest BCUT2D eigenvalue weighted by Crippen LogP contribution is 2.18. The first-order valence-corrected chi connectivity index (χ1v) is 9.13. The summed E-state index contributed by atoms with van der Waals surface area (Å²) in [4.78, 5) is 21.1. The zero-order chi connectivity index (χ0) is 16.6. The van der Waals surface area contributed by atoms with Crippen molar-refractivity contribution in [3.63, 3.8) is 0 Å². The summed E-state index contributed by atoms with van der Waals surface area (Å²) in [6, 6.07) is 0.434. The van der Waals surface area contributed by atoms with Gasteiger partial charge in [-0.1, -0.05) is 0 Å².